The van der Waals surface area contributed by atoms with Crippen molar-refractivity contribution in [3.05, 3.63) is 40.9 Å². The number of benzene rings is 1. The molecule has 2 aromatic rings. The van der Waals surface area contributed by atoms with Gasteiger partial charge in [0.25, 0.3) is 0 Å². The minimum Gasteiger partial charge on any atom is -0.348 e. The van der Waals surface area contributed by atoms with Gasteiger partial charge in [0, 0.05) is 22.9 Å². The van der Waals surface area contributed by atoms with Gasteiger partial charge in [-0.25, -0.2) is 0 Å². The number of hydrogen-bond donors (Lipinski definition) is 1. The second-order valence-electron chi connectivity index (χ2n) is 5.22. The van der Waals surface area contributed by atoms with Crippen LogP contribution in [0.1, 0.15) is 25.0 Å². The number of carbonyl (C=O) groups excluding carboxylic acids is 1. The van der Waals surface area contributed by atoms with Gasteiger partial charge in [-0.1, -0.05) is 11.6 Å². The van der Waals surface area contributed by atoms with Crippen molar-refractivity contribution in [2.75, 3.05) is 0 Å². The molecular formula is C15H17ClN4OS. The van der Waals surface area contributed by atoms with E-state index in [9.17, 15) is 4.79 Å². The summed E-state index contributed by atoms with van der Waals surface area (Å²) in [6.07, 6.45) is 2.08. The Balaban J connectivity index is 1.53. The molecular weight excluding hydrogens is 320 g/mol. The van der Waals surface area contributed by atoms with Crippen LogP contribution in [0.2, 0.25) is 5.02 Å². The summed E-state index contributed by atoms with van der Waals surface area (Å²) in [6.45, 7) is 3.27. The van der Waals surface area contributed by atoms with Gasteiger partial charge in [0.15, 0.2) is 5.82 Å². The number of aryl methyl sites for hydroxylation is 1. The van der Waals surface area contributed by atoms with Gasteiger partial charge in [0.05, 0.1) is 11.8 Å². The molecule has 2 heterocycles. The zero-order chi connectivity index (χ0) is 15.5. The Hall–Kier alpha value is -1.53. The third kappa shape index (κ3) is 3.44. The number of fused-ring (bicyclic) bond motifs is 1. The number of carbonyl (C=O) groups is 1. The first kappa shape index (κ1) is 15.4. The lowest BCUT2D eigenvalue weighted by Gasteiger charge is -2.12. The van der Waals surface area contributed by atoms with Crippen LogP contribution >= 0.6 is 23.4 Å². The number of halogens is 1. The Kier molecular flexibility index (Phi) is 4.69. The number of rotatable bonds is 5. The van der Waals surface area contributed by atoms with Gasteiger partial charge in [0.2, 0.25) is 5.91 Å². The van der Waals surface area contributed by atoms with E-state index in [1.807, 2.05) is 31.2 Å². The second-order valence-corrected chi connectivity index (χ2v) is 7.07. The highest BCUT2D eigenvalue weighted by atomic mass is 35.5. The van der Waals surface area contributed by atoms with Crippen molar-refractivity contribution in [1.29, 1.82) is 0 Å². The molecule has 0 radical (unpaired) electrons. The van der Waals surface area contributed by atoms with E-state index in [1.54, 1.807) is 0 Å². The third-order valence-corrected chi connectivity index (χ3v) is 4.97. The van der Waals surface area contributed by atoms with Crippen molar-refractivity contribution in [3.8, 4) is 0 Å². The lowest BCUT2D eigenvalue weighted by atomic mass is 10.4. The lowest BCUT2D eigenvalue weighted by molar-refractivity contribution is -0.120. The van der Waals surface area contributed by atoms with Crippen LogP contribution in [0.15, 0.2) is 29.2 Å². The summed E-state index contributed by atoms with van der Waals surface area (Å²) in [5.74, 6) is 1.85. The maximum Gasteiger partial charge on any atom is 0.233 e. The lowest BCUT2D eigenvalue weighted by Crippen LogP contribution is -2.31. The van der Waals surface area contributed by atoms with Crippen LogP contribution in [0.3, 0.4) is 0 Å². The van der Waals surface area contributed by atoms with E-state index < -0.39 is 0 Å². The van der Waals surface area contributed by atoms with Crippen molar-refractivity contribution < 1.29 is 4.79 Å². The van der Waals surface area contributed by atoms with Crippen molar-refractivity contribution in [2.24, 2.45) is 0 Å². The van der Waals surface area contributed by atoms with E-state index in [4.69, 9.17) is 11.6 Å². The molecule has 0 fully saturated rings. The predicted octanol–water partition coefficient (Wildman–Crippen LogP) is 2.67. The highest BCUT2D eigenvalue weighted by Gasteiger charge is 2.19. The standard InChI is InChI=1S/C15H17ClN4OS/c1-10(22-12-6-4-11(16)5-7-12)15(21)17-9-14-19-18-13-3-2-8-20(13)14/h4-7,10H,2-3,8-9H2,1H3,(H,17,21)/t10-/m1/s1. The molecule has 1 aromatic carbocycles. The van der Waals surface area contributed by atoms with E-state index in [0.29, 0.717) is 11.6 Å². The number of aromatic nitrogens is 3. The van der Waals surface area contributed by atoms with Gasteiger partial charge in [-0.3, -0.25) is 4.79 Å². The Bertz CT molecular complexity index is 671. The smallest absolute Gasteiger partial charge is 0.233 e. The molecule has 116 valence electrons. The molecule has 1 amide bonds. The largest absolute Gasteiger partial charge is 0.348 e. The molecule has 0 spiro atoms. The minimum atomic E-state index is -0.179. The van der Waals surface area contributed by atoms with Crippen molar-refractivity contribution in [3.63, 3.8) is 0 Å². The molecule has 22 heavy (non-hydrogen) atoms. The van der Waals surface area contributed by atoms with Crippen LogP contribution in [0.25, 0.3) is 0 Å². The Labute approximate surface area is 138 Å². The normalized spacial score (nSPS) is 14.6. The zero-order valence-corrected chi connectivity index (χ0v) is 13.8. The van der Waals surface area contributed by atoms with Gasteiger partial charge >= 0.3 is 0 Å². The molecule has 0 aliphatic carbocycles. The molecule has 0 saturated carbocycles. The van der Waals surface area contributed by atoms with E-state index >= 15 is 0 Å². The van der Waals surface area contributed by atoms with E-state index in [2.05, 4.69) is 20.1 Å². The molecule has 1 N–H and O–H groups in total. The molecule has 1 aromatic heterocycles. The molecule has 3 rings (SSSR count). The molecule has 0 unspecified atom stereocenters. The summed E-state index contributed by atoms with van der Waals surface area (Å²) in [4.78, 5) is 13.2. The van der Waals surface area contributed by atoms with Crippen molar-refractivity contribution >= 4 is 29.3 Å². The Morgan fingerprint density at radius 2 is 2.18 bits per heavy atom. The fourth-order valence-corrected chi connectivity index (χ4v) is 3.44. The van der Waals surface area contributed by atoms with Gasteiger partial charge < -0.3 is 9.88 Å². The van der Waals surface area contributed by atoms with Crippen LogP contribution in [0.4, 0.5) is 0 Å². The number of hydrogen-bond acceptors (Lipinski definition) is 4. The Morgan fingerprint density at radius 1 is 1.41 bits per heavy atom. The molecule has 1 aliphatic rings. The average molecular weight is 337 g/mol. The highest BCUT2D eigenvalue weighted by molar-refractivity contribution is 8.00. The fraction of sp³-hybridized carbons (Fsp3) is 0.400. The predicted molar refractivity (Wildman–Crippen MR) is 87.0 cm³/mol. The molecule has 0 bridgehead atoms. The summed E-state index contributed by atoms with van der Waals surface area (Å²) in [6, 6.07) is 7.49. The van der Waals surface area contributed by atoms with E-state index in [0.717, 1.165) is 35.9 Å². The van der Waals surface area contributed by atoms with Crippen molar-refractivity contribution in [1.82, 2.24) is 20.1 Å². The summed E-state index contributed by atoms with van der Waals surface area (Å²) < 4.78 is 2.09. The van der Waals surface area contributed by atoms with Crippen LogP contribution in [0.5, 0.6) is 0 Å². The number of nitrogens with one attached hydrogen (secondary N) is 1. The summed E-state index contributed by atoms with van der Waals surface area (Å²) in [7, 11) is 0. The first-order valence-corrected chi connectivity index (χ1v) is 8.50. The molecule has 5 nitrogen and oxygen atoms in total. The topological polar surface area (TPSA) is 59.8 Å². The maximum absolute atomic E-state index is 12.2. The molecule has 1 aliphatic heterocycles. The van der Waals surface area contributed by atoms with Gasteiger partial charge in [-0.15, -0.1) is 22.0 Å². The first-order chi connectivity index (χ1) is 10.6. The van der Waals surface area contributed by atoms with Gasteiger partial charge in [-0.05, 0) is 37.6 Å². The molecule has 7 heteroatoms. The maximum atomic E-state index is 12.2. The van der Waals surface area contributed by atoms with Gasteiger partial charge in [0.1, 0.15) is 5.82 Å². The van der Waals surface area contributed by atoms with Crippen molar-refractivity contribution in [2.45, 2.75) is 43.0 Å². The second kappa shape index (κ2) is 6.71. The molecule has 1 atom stereocenters. The van der Waals surface area contributed by atoms with Crippen LogP contribution in [-0.2, 0) is 24.3 Å². The number of thioether (sulfide) groups is 1. The number of amides is 1. The third-order valence-electron chi connectivity index (χ3n) is 3.60. The fourth-order valence-electron chi connectivity index (χ4n) is 2.42. The number of nitrogens with zero attached hydrogens (tertiary/aromatic N) is 3. The summed E-state index contributed by atoms with van der Waals surface area (Å²) in [5, 5.41) is 11.7. The zero-order valence-electron chi connectivity index (χ0n) is 12.3. The Morgan fingerprint density at radius 3 is 2.95 bits per heavy atom. The molecule has 0 saturated heterocycles. The van der Waals surface area contributed by atoms with Crippen LogP contribution < -0.4 is 5.32 Å². The average Bonchev–Trinajstić information content (AvgIpc) is 3.11. The van der Waals surface area contributed by atoms with E-state index in [1.165, 1.54) is 11.8 Å². The summed E-state index contributed by atoms with van der Waals surface area (Å²) >= 11 is 7.37. The van der Waals surface area contributed by atoms with E-state index in [-0.39, 0.29) is 11.2 Å². The van der Waals surface area contributed by atoms with Crippen LogP contribution in [-0.4, -0.2) is 25.9 Å². The minimum absolute atomic E-state index is 0.00435. The quantitative estimate of drug-likeness (QED) is 0.853. The first-order valence-electron chi connectivity index (χ1n) is 7.24. The SMILES string of the molecule is C[C@@H](Sc1ccc(Cl)cc1)C(=O)NCc1nnc2n1CCC2. The van der Waals surface area contributed by atoms with Gasteiger partial charge in [-0.2, -0.15) is 0 Å². The highest BCUT2D eigenvalue weighted by Crippen LogP contribution is 2.24. The summed E-state index contributed by atoms with van der Waals surface area (Å²) in [5.41, 5.74) is 0. The monoisotopic (exact) mass is 336 g/mol. The van der Waals surface area contributed by atoms with Crippen LogP contribution in [0, 0.1) is 0 Å².